The molecule has 0 aliphatic carbocycles. The van der Waals surface area contributed by atoms with Gasteiger partial charge >= 0.3 is 0 Å². The Morgan fingerprint density at radius 3 is 2.36 bits per heavy atom. The van der Waals surface area contributed by atoms with E-state index < -0.39 is 0 Å². The number of amides is 2. The van der Waals surface area contributed by atoms with Gasteiger partial charge in [0, 0.05) is 19.5 Å². The Kier molecular flexibility index (Phi) is 8.26. The van der Waals surface area contributed by atoms with E-state index in [0.29, 0.717) is 25.9 Å². The van der Waals surface area contributed by atoms with Gasteiger partial charge in [0.1, 0.15) is 6.04 Å². The fraction of sp³-hybridized carbons (Fsp3) is 0.556. The molecule has 22 heavy (non-hydrogen) atoms. The number of carbonyl (C=O) groups excluding carboxylic acids is 2. The maximum atomic E-state index is 12.3. The smallest absolute Gasteiger partial charge is 0.242 e. The molecule has 0 aliphatic heterocycles. The van der Waals surface area contributed by atoms with Crippen molar-refractivity contribution in [1.29, 1.82) is 0 Å². The van der Waals surface area contributed by atoms with Gasteiger partial charge in [-0.1, -0.05) is 51.1 Å². The summed E-state index contributed by atoms with van der Waals surface area (Å²) in [4.78, 5) is 26.3. The Morgan fingerprint density at radius 2 is 1.82 bits per heavy atom. The maximum Gasteiger partial charge on any atom is 0.242 e. The zero-order valence-corrected chi connectivity index (χ0v) is 14.0. The summed E-state index contributed by atoms with van der Waals surface area (Å²) in [6, 6.07) is 9.69. The number of hydrogen-bond acceptors (Lipinski definition) is 2. The summed E-state index contributed by atoms with van der Waals surface area (Å²) in [5, 5.41) is 2.91. The molecule has 0 spiro atoms. The van der Waals surface area contributed by atoms with Crippen LogP contribution in [0.15, 0.2) is 30.3 Å². The molecule has 122 valence electrons. The fourth-order valence-electron chi connectivity index (χ4n) is 2.47. The summed E-state index contributed by atoms with van der Waals surface area (Å²) in [7, 11) is 0. The molecule has 2 amide bonds. The van der Waals surface area contributed by atoms with Crippen molar-refractivity contribution in [1.82, 2.24) is 10.2 Å². The predicted octanol–water partition coefficient (Wildman–Crippen LogP) is 2.77. The minimum Gasteiger partial charge on any atom is -0.354 e. The van der Waals surface area contributed by atoms with Crippen LogP contribution in [0.3, 0.4) is 0 Å². The van der Waals surface area contributed by atoms with Crippen molar-refractivity contribution in [2.75, 3.05) is 13.1 Å². The lowest BCUT2D eigenvalue weighted by molar-refractivity contribution is -0.140. The van der Waals surface area contributed by atoms with E-state index in [9.17, 15) is 9.59 Å². The highest BCUT2D eigenvalue weighted by Gasteiger charge is 2.26. The third kappa shape index (κ3) is 5.51. The molecule has 1 aromatic carbocycles. The van der Waals surface area contributed by atoms with Crippen LogP contribution in [0.1, 0.15) is 45.6 Å². The summed E-state index contributed by atoms with van der Waals surface area (Å²) >= 11 is 0. The number of nitrogens with one attached hydrogen (secondary N) is 1. The van der Waals surface area contributed by atoms with Crippen LogP contribution in [-0.2, 0) is 16.0 Å². The Balaban J connectivity index is 2.76. The highest BCUT2D eigenvalue weighted by atomic mass is 16.2. The molecule has 0 radical (unpaired) electrons. The van der Waals surface area contributed by atoms with Crippen molar-refractivity contribution in [3.05, 3.63) is 35.9 Å². The molecule has 0 unspecified atom stereocenters. The Hall–Kier alpha value is -1.84. The molecule has 4 nitrogen and oxygen atoms in total. The summed E-state index contributed by atoms with van der Waals surface area (Å²) in [5.74, 6) is -0.00589. The van der Waals surface area contributed by atoms with Crippen LogP contribution < -0.4 is 5.32 Å². The van der Waals surface area contributed by atoms with E-state index in [4.69, 9.17) is 0 Å². The third-order valence-electron chi connectivity index (χ3n) is 3.72. The molecule has 0 bridgehead atoms. The molecular weight excluding hydrogens is 276 g/mol. The topological polar surface area (TPSA) is 49.4 Å². The number of rotatable bonds is 9. The van der Waals surface area contributed by atoms with Crippen LogP contribution in [0, 0.1) is 0 Å². The largest absolute Gasteiger partial charge is 0.354 e. The van der Waals surface area contributed by atoms with Crippen LogP contribution in [-0.4, -0.2) is 35.8 Å². The van der Waals surface area contributed by atoms with Crippen LogP contribution >= 0.6 is 0 Å². The second kappa shape index (κ2) is 9.98. The van der Waals surface area contributed by atoms with Crippen LogP contribution in [0.2, 0.25) is 0 Å². The highest BCUT2D eigenvalue weighted by molar-refractivity contribution is 5.87. The summed E-state index contributed by atoms with van der Waals surface area (Å²) in [5.41, 5.74) is 1.18. The molecule has 1 atom stereocenters. The Labute approximate surface area is 133 Å². The molecule has 1 aromatic rings. The SMILES string of the molecule is CCCNC(=O)[C@@H](CC)N(CCc1ccccc1)C(=O)CC. The van der Waals surface area contributed by atoms with Crippen molar-refractivity contribution in [2.24, 2.45) is 0 Å². The molecule has 0 aliphatic rings. The van der Waals surface area contributed by atoms with E-state index in [0.717, 1.165) is 12.8 Å². The van der Waals surface area contributed by atoms with Gasteiger partial charge in [0.05, 0.1) is 0 Å². The summed E-state index contributed by atoms with van der Waals surface area (Å²) in [6.07, 6.45) is 2.72. The zero-order valence-electron chi connectivity index (χ0n) is 14.0. The molecule has 0 aromatic heterocycles. The van der Waals surface area contributed by atoms with Crippen LogP contribution in [0.25, 0.3) is 0 Å². The van der Waals surface area contributed by atoms with Gasteiger partial charge in [-0.15, -0.1) is 0 Å². The molecule has 1 rings (SSSR count). The van der Waals surface area contributed by atoms with E-state index in [1.54, 1.807) is 4.90 Å². The van der Waals surface area contributed by atoms with Gasteiger partial charge in [-0.3, -0.25) is 9.59 Å². The normalized spacial score (nSPS) is 11.8. The first-order valence-electron chi connectivity index (χ1n) is 8.25. The van der Waals surface area contributed by atoms with Gasteiger partial charge in [-0.05, 0) is 24.8 Å². The lowest BCUT2D eigenvalue weighted by atomic mass is 10.1. The first-order chi connectivity index (χ1) is 10.6. The van der Waals surface area contributed by atoms with Gasteiger partial charge in [-0.25, -0.2) is 0 Å². The quantitative estimate of drug-likeness (QED) is 0.762. The second-order valence-electron chi connectivity index (χ2n) is 5.39. The van der Waals surface area contributed by atoms with Crippen molar-refractivity contribution >= 4 is 11.8 Å². The monoisotopic (exact) mass is 304 g/mol. The Bertz CT molecular complexity index is 459. The average molecular weight is 304 g/mol. The van der Waals surface area contributed by atoms with Gasteiger partial charge in [0.25, 0.3) is 0 Å². The van der Waals surface area contributed by atoms with Crippen LogP contribution in [0.5, 0.6) is 0 Å². The molecule has 0 saturated heterocycles. The van der Waals surface area contributed by atoms with E-state index in [2.05, 4.69) is 5.32 Å². The highest BCUT2D eigenvalue weighted by Crippen LogP contribution is 2.10. The predicted molar refractivity (Wildman–Crippen MR) is 89.5 cm³/mol. The van der Waals surface area contributed by atoms with Crippen molar-refractivity contribution in [3.8, 4) is 0 Å². The molecule has 0 heterocycles. The Morgan fingerprint density at radius 1 is 1.14 bits per heavy atom. The van der Waals surface area contributed by atoms with Gasteiger partial charge in [-0.2, -0.15) is 0 Å². The van der Waals surface area contributed by atoms with E-state index in [1.165, 1.54) is 5.56 Å². The second-order valence-corrected chi connectivity index (χ2v) is 5.39. The van der Waals surface area contributed by atoms with E-state index in [1.807, 2.05) is 51.1 Å². The number of carbonyl (C=O) groups is 2. The third-order valence-corrected chi connectivity index (χ3v) is 3.72. The lowest BCUT2D eigenvalue weighted by Gasteiger charge is -2.30. The lowest BCUT2D eigenvalue weighted by Crippen LogP contribution is -2.50. The van der Waals surface area contributed by atoms with Crippen molar-refractivity contribution < 1.29 is 9.59 Å². The van der Waals surface area contributed by atoms with Crippen molar-refractivity contribution in [2.45, 2.75) is 52.5 Å². The molecular formula is C18H28N2O2. The fourth-order valence-corrected chi connectivity index (χ4v) is 2.47. The number of hydrogen-bond donors (Lipinski definition) is 1. The van der Waals surface area contributed by atoms with E-state index >= 15 is 0 Å². The van der Waals surface area contributed by atoms with Crippen molar-refractivity contribution in [3.63, 3.8) is 0 Å². The van der Waals surface area contributed by atoms with Gasteiger partial charge in [0.2, 0.25) is 11.8 Å². The molecule has 0 saturated carbocycles. The molecule has 1 N–H and O–H groups in total. The molecule has 0 fully saturated rings. The standard InChI is InChI=1S/C18H28N2O2/c1-4-13-19-18(22)16(5-2)20(17(21)6-3)14-12-15-10-8-7-9-11-15/h7-11,16H,4-6,12-14H2,1-3H3,(H,19,22)/t16-/m1/s1. The first-order valence-corrected chi connectivity index (χ1v) is 8.25. The molecule has 4 heteroatoms. The number of nitrogens with zero attached hydrogens (tertiary/aromatic N) is 1. The number of benzene rings is 1. The van der Waals surface area contributed by atoms with Gasteiger partial charge in [0.15, 0.2) is 0 Å². The minimum atomic E-state index is -0.372. The average Bonchev–Trinajstić information content (AvgIpc) is 2.56. The summed E-state index contributed by atoms with van der Waals surface area (Å²) in [6.45, 7) is 7.05. The first kappa shape index (κ1) is 18.2. The summed E-state index contributed by atoms with van der Waals surface area (Å²) < 4.78 is 0. The van der Waals surface area contributed by atoms with E-state index in [-0.39, 0.29) is 17.9 Å². The maximum absolute atomic E-state index is 12.3. The van der Waals surface area contributed by atoms with Gasteiger partial charge < -0.3 is 10.2 Å². The van der Waals surface area contributed by atoms with Crippen LogP contribution in [0.4, 0.5) is 0 Å². The minimum absolute atomic E-state index is 0.0365. The zero-order chi connectivity index (χ0) is 16.4.